The smallest absolute Gasteiger partial charge is 0.183 e. The maximum atomic E-state index is 14.9. The third-order valence-electron chi connectivity index (χ3n) is 6.17. The van der Waals surface area contributed by atoms with E-state index in [2.05, 4.69) is 0 Å². The van der Waals surface area contributed by atoms with Gasteiger partial charge in [-0.3, -0.25) is 0 Å². The second kappa shape index (κ2) is 10.8. The van der Waals surface area contributed by atoms with E-state index in [0.29, 0.717) is 31.6 Å². The monoisotopic (exact) mass is 492 g/mol. The molecule has 0 aromatic heterocycles. The molecule has 1 heterocycles. The average molecular weight is 492 g/mol. The molecular formula is C27H25F5O3. The van der Waals surface area contributed by atoms with Crippen molar-refractivity contribution in [1.29, 1.82) is 0 Å². The van der Waals surface area contributed by atoms with Crippen molar-refractivity contribution < 1.29 is 36.5 Å². The van der Waals surface area contributed by atoms with Crippen molar-refractivity contribution in [2.24, 2.45) is 5.92 Å². The van der Waals surface area contributed by atoms with E-state index in [4.69, 9.17) is 9.47 Å². The summed E-state index contributed by atoms with van der Waals surface area (Å²) in [5, 5.41) is 9.78. The zero-order valence-electron chi connectivity index (χ0n) is 19.0. The summed E-state index contributed by atoms with van der Waals surface area (Å²) in [4.78, 5) is 0. The summed E-state index contributed by atoms with van der Waals surface area (Å²) < 4.78 is 81.7. The standard InChI is InChI=1S/C27H25F5O3/c1-2-19(33)7-15-13-34-27(35-14-15)17-4-6-20(24(30)9-17)16-3-5-21(23(29)8-16)18-10-25(31)22(12-28)26(32)11-18/h3-6,8-11,15,19,27,33H,2,7,12-14H2,1H3. The minimum atomic E-state index is -1.31. The summed E-state index contributed by atoms with van der Waals surface area (Å²) in [7, 11) is 0. The van der Waals surface area contributed by atoms with Gasteiger partial charge in [0.05, 0.1) is 24.9 Å². The van der Waals surface area contributed by atoms with E-state index in [-0.39, 0.29) is 28.2 Å². The molecule has 0 radical (unpaired) electrons. The fourth-order valence-corrected chi connectivity index (χ4v) is 4.14. The van der Waals surface area contributed by atoms with Gasteiger partial charge in [-0.1, -0.05) is 31.2 Å². The molecule has 0 amide bonds. The van der Waals surface area contributed by atoms with Crippen LogP contribution in [-0.2, 0) is 16.1 Å². The van der Waals surface area contributed by atoms with E-state index in [1.807, 2.05) is 6.92 Å². The van der Waals surface area contributed by atoms with Gasteiger partial charge in [0.15, 0.2) is 6.29 Å². The molecule has 1 unspecified atom stereocenters. The molecule has 1 fully saturated rings. The molecule has 4 rings (SSSR count). The van der Waals surface area contributed by atoms with Crippen molar-refractivity contribution in [2.75, 3.05) is 13.2 Å². The zero-order valence-corrected chi connectivity index (χ0v) is 19.0. The highest BCUT2D eigenvalue weighted by atomic mass is 19.2. The number of benzene rings is 3. The Morgan fingerprint density at radius 2 is 1.40 bits per heavy atom. The Morgan fingerprint density at radius 1 is 0.829 bits per heavy atom. The first-order chi connectivity index (χ1) is 16.8. The van der Waals surface area contributed by atoms with Gasteiger partial charge in [0, 0.05) is 22.6 Å². The molecule has 35 heavy (non-hydrogen) atoms. The highest BCUT2D eigenvalue weighted by Crippen LogP contribution is 2.34. The number of rotatable bonds is 7. The predicted molar refractivity (Wildman–Crippen MR) is 121 cm³/mol. The molecule has 0 saturated carbocycles. The van der Waals surface area contributed by atoms with Crippen LogP contribution in [0.4, 0.5) is 22.0 Å². The lowest BCUT2D eigenvalue weighted by molar-refractivity contribution is -0.208. The summed E-state index contributed by atoms with van der Waals surface area (Å²) in [6.07, 6.45) is 0.0506. The third-order valence-corrected chi connectivity index (χ3v) is 6.17. The Hall–Kier alpha value is -2.81. The van der Waals surface area contributed by atoms with Crippen LogP contribution in [0.5, 0.6) is 0 Å². The van der Waals surface area contributed by atoms with Crippen molar-refractivity contribution in [3.8, 4) is 22.3 Å². The van der Waals surface area contributed by atoms with Gasteiger partial charge in [-0.15, -0.1) is 0 Å². The minimum absolute atomic E-state index is 0.0573. The van der Waals surface area contributed by atoms with Gasteiger partial charge in [0.25, 0.3) is 0 Å². The van der Waals surface area contributed by atoms with Crippen molar-refractivity contribution in [1.82, 2.24) is 0 Å². The van der Waals surface area contributed by atoms with Crippen LogP contribution in [0, 0.1) is 29.2 Å². The van der Waals surface area contributed by atoms with E-state index >= 15 is 0 Å². The van der Waals surface area contributed by atoms with Crippen molar-refractivity contribution in [2.45, 2.75) is 38.8 Å². The maximum Gasteiger partial charge on any atom is 0.183 e. The molecule has 0 spiro atoms. The number of halogens is 5. The Morgan fingerprint density at radius 3 is 1.97 bits per heavy atom. The van der Waals surface area contributed by atoms with Gasteiger partial charge >= 0.3 is 0 Å². The number of hydrogen-bond acceptors (Lipinski definition) is 3. The first kappa shape index (κ1) is 25.3. The van der Waals surface area contributed by atoms with Gasteiger partial charge in [0.2, 0.25) is 0 Å². The Labute approximate surface area is 200 Å². The third kappa shape index (κ3) is 5.55. The zero-order chi connectivity index (χ0) is 25.1. The molecule has 1 N–H and O–H groups in total. The van der Waals surface area contributed by atoms with E-state index in [1.54, 1.807) is 6.07 Å². The van der Waals surface area contributed by atoms with Gasteiger partial charge in [-0.25, -0.2) is 22.0 Å². The van der Waals surface area contributed by atoms with Gasteiger partial charge in [0.1, 0.15) is 29.9 Å². The van der Waals surface area contributed by atoms with E-state index in [1.165, 1.54) is 24.3 Å². The molecule has 0 aliphatic carbocycles. The lowest BCUT2D eigenvalue weighted by Crippen LogP contribution is -2.29. The fourth-order valence-electron chi connectivity index (χ4n) is 4.14. The summed E-state index contributed by atoms with van der Waals surface area (Å²) in [6.45, 7) is 1.34. The van der Waals surface area contributed by atoms with Crippen LogP contribution in [0.15, 0.2) is 48.5 Å². The summed E-state index contributed by atoms with van der Waals surface area (Å²) in [5.41, 5.74) is -0.0707. The molecular weight excluding hydrogens is 467 g/mol. The number of alkyl halides is 1. The van der Waals surface area contributed by atoms with Crippen LogP contribution in [0.25, 0.3) is 22.3 Å². The Kier molecular flexibility index (Phi) is 7.84. The van der Waals surface area contributed by atoms with Crippen molar-refractivity contribution >= 4 is 0 Å². The normalized spacial score (nSPS) is 19.1. The largest absolute Gasteiger partial charge is 0.393 e. The summed E-state index contributed by atoms with van der Waals surface area (Å²) in [5.74, 6) is -3.58. The molecule has 8 heteroatoms. The van der Waals surface area contributed by atoms with Crippen molar-refractivity contribution in [3.63, 3.8) is 0 Å². The molecule has 186 valence electrons. The maximum absolute atomic E-state index is 14.9. The minimum Gasteiger partial charge on any atom is -0.393 e. The SMILES string of the molecule is CCC(O)CC1COC(c2ccc(-c3ccc(-c4cc(F)c(CF)c(F)c4)c(F)c3)c(F)c2)OC1. The molecule has 3 nitrogen and oxygen atoms in total. The molecule has 0 bridgehead atoms. The molecule has 3 aromatic rings. The first-order valence-electron chi connectivity index (χ1n) is 11.4. The first-order valence-corrected chi connectivity index (χ1v) is 11.4. The summed E-state index contributed by atoms with van der Waals surface area (Å²) >= 11 is 0. The average Bonchev–Trinajstić information content (AvgIpc) is 2.84. The van der Waals surface area contributed by atoms with Crippen LogP contribution < -0.4 is 0 Å². The highest BCUT2D eigenvalue weighted by molar-refractivity contribution is 5.72. The van der Waals surface area contributed by atoms with Crippen LogP contribution in [0.2, 0.25) is 0 Å². The highest BCUT2D eigenvalue weighted by Gasteiger charge is 2.26. The molecule has 1 saturated heterocycles. The van der Waals surface area contributed by atoms with Gasteiger partial charge < -0.3 is 14.6 Å². The predicted octanol–water partition coefficient (Wildman–Crippen LogP) is 6.87. The Bertz CT molecular complexity index is 1170. The molecule has 1 atom stereocenters. The van der Waals surface area contributed by atoms with Crippen LogP contribution in [-0.4, -0.2) is 24.4 Å². The van der Waals surface area contributed by atoms with Gasteiger partial charge in [-0.05, 0) is 48.2 Å². The lowest BCUT2D eigenvalue weighted by Gasteiger charge is -2.30. The number of ether oxygens (including phenoxy) is 2. The number of aliphatic hydroxyl groups is 1. The van der Waals surface area contributed by atoms with Gasteiger partial charge in [-0.2, -0.15) is 0 Å². The molecule has 3 aromatic carbocycles. The van der Waals surface area contributed by atoms with E-state index < -0.39 is 47.9 Å². The topological polar surface area (TPSA) is 38.7 Å². The van der Waals surface area contributed by atoms with Crippen LogP contribution in [0.1, 0.15) is 37.2 Å². The van der Waals surface area contributed by atoms with E-state index in [0.717, 1.165) is 18.2 Å². The van der Waals surface area contributed by atoms with Crippen molar-refractivity contribution in [3.05, 3.63) is 82.9 Å². The lowest BCUT2D eigenvalue weighted by atomic mass is 9.97. The molecule has 1 aliphatic rings. The molecule has 1 aliphatic heterocycles. The second-order valence-electron chi connectivity index (χ2n) is 8.65. The van der Waals surface area contributed by atoms with Crippen LogP contribution in [0.3, 0.4) is 0 Å². The quantitative estimate of drug-likeness (QED) is 0.366. The van der Waals surface area contributed by atoms with E-state index in [9.17, 15) is 27.1 Å². The van der Waals surface area contributed by atoms with Crippen LogP contribution >= 0.6 is 0 Å². The Balaban J connectivity index is 1.51. The number of hydrogen-bond donors (Lipinski definition) is 1. The summed E-state index contributed by atoms with van der Waals surface area (Å²) in [6, 6.07) is 9.89. The fraction of sp³-hybridized carbons (Fsp3) is 0.333. The number of aliphatic hydroxyl groups excluding tert-OH is 1. The second-order valence-corrected chi connectivity index (χ2v) is 8.65.